The average Bonchev–Trinajstić information content (AvgIpc) is 3.00. The predicted molar refractivity (Wildman–Crippen MR) is 69.8 cm³/mol. The maximum atomic E-state index is 4.41. The lowest BCUT2D eigenvalue weighted by Crippen LogP contribution is -1.95. The summed E-state index contributed by atoms with van der Waals surface area (Å²) in [5.74, 6) is 0. The number of hydrogen-bond acceptors (Lipinski definition) is 3. The van der Waals surface area contributed by atoms with Crippen LogP contribution in [0.3, 0.4) is 0 Å². The zero-order valence-electron chi connectivity index (χ0n) is 9.37. The van der Waals surface area contributed by atoms with E-state index in [4.69, 9.17) is 0 Å². The number of rotatable bonds is 2. The Bertz CT molecular complexity index is 626. The van der Waals surface area contributed by atoms with Crippen LogP contribution in [0, 0.1) is 0 Å². The van der Waals surface area contributed by atoms with Crippen molar-refractivity contribution in [3.05, 3.63) is 47.7 Å². The molecule has 0 amide bonds. The van der Waals surface area contributed by atoms with Gasteiger partial charge < -0.3 is 4.57 Å². The second kappa shape index (κ2) is 4.14. The molecule has 0 saturated carbocycles. The van der Waals surface area contributed by atoms with Crippen LogP contribution in [0.1, 0.15) is 0 Å². The first-order chi connectivity index (χ1) is 8.36. The summed E-state index contributed by atoms with van der Waals surface area (Å²) in [5.41, 5.74) is 4.34. The molecule has 3 aromatic rings. The van der Waals surface area contributed by atoms with Gasteiger partial charge >= 0.3 is 0 Å². The second-order valence-corrected chi connectivity index (χ2v) is 4.58. The quantitative estimate of drug-likeness (QED) is 0.689. The maximum Gasteiger partial charge on any atom is 0.116 e. The fraction of sp³-hybridized carbons (Fsp3) is 0.0769. The van der Waals surface area contributed by atoms with E-state index in [1.165, 1.54) is 5.56 Å². The molecule has 3 nitrogen and oxygen atoms in total. The molecule has 0 bridgehead atoms. The molecule has 84 valence electrons. The highest BCUT2D eigenvalue weighted by Gasteiger charge is 2.11. The van der Waals surface area contributed by atoms with Crippen molar-refractivity contribution in [2.75, 3.05) is 0 Å². The van der Waals surface area contributed by atoms with Crippen molar-refractivity contribution in [1.29, 1.82) is 0 Å². The molecule has 0 atom stereocenters. The van der Waals surface area contributed by atoms with Gasteiger partial charge in [0, 0.05) is 25.0 Å². The molecule has 0 saturated heterocycles. The lowest BCUT2D eigenvalue weighted by molar-refractivity contribution is 0.929. The van der Waals surface area contributed by atoms with Gasteiger partial charge in [0.2, 0.25) is 0 Å². The Hall–Kier alpha value is -1.94. The normalized spacial score (nSPS) is 10.6. The second-order valence-electron chi connectivity index (χ2n) is 3.80. The van der Waals surface area contributed by atoms with Gasteiger partial charge in [-0.25, -0.2) is 9.97 Å². The number of aryl methyl sites for hydroxylation is 1. The Balaban J connectivity index is 2.22. The van der Waals surface area contributed by atoms with Gasteiger partial charge in [-0.3, -0.25) is 0 Å². The molecule has 3 aromatic heterocycles. The van der Waals surface area contributed by atoms with E-state index in [1.54, 1.807) is 17.7 Å². The van der Waals surface area contributed by atoms with Crippen LogP contribution >= 0.6 is 11.3 Å². The van der Waals surface area contributed by atoms with Crippen molar-refractivity contribution in [2.45, 2.75) is 0 Å². The lowest BCUT2D eigenvalue weighted by atomic mass is 10.1. The van der Waals surface area contributed by atoms with Gasteiger partial charge in [0.1, 0.15) is 6.33 Å². The monoisotopic (exact) mass is 241 g/mol. The van der Waals surface area contributed by atoms with Gasteiger partial charge in [0.25, 0.3) is 0 Å². The van der Waals surface area contributed by atoms with E-state index >= 15 is 0 Å². The summed E-state index contributed by atoms with van der Waals surface area (Å²) in [5, 5.41) is 4.18. The topological polar surface area (TPSA) is 30.7 Å². The Morgan fingerprint density at radius 2 is 2.24 bits per heavy atom. The standard InChI is InChI=1S/C13H11N3S/c1-16-5-2-3-12(16)13-11(7-14-9-15-13)10-4-6-17-8-10/h2-9H,1H3. The van der Waals surface area contributed by atoms with Crippen molar-refractivity contribution in [3.63, 3.8) is 0 Å². The summed E-state index contributed by atoms with van der Waals surface area (Å²) in [7, 11) is 2.02. The number of hydrogen-bond donors (Lipinski definition) is 0. The van der Waals surface area contributed by atoms with Crippen LogP contribution < -0.4 is 0 Å². The Kier molecular flexibility index (Phi) is 2.49. The highest BCUT2D eigenvalue weighted by Crippen LogP contribution is 2.30. The van der Waals surface area contributed by atoms with E-state index in [0.29, 0.717) is 0 Å². The Morgan fingerprint density at radius 1 is 1.29 bits per heavy atom. The molecule has 0 N–H and O–H groups in total. The molecule has 0 aromatic carbocycles. The molecule has 3 heterocycles. The van der Waals surface area contributed by atoms with Crippen LogP contribution in [0.4, 0.5) is 0 Å². The van der Waals surface area contributed by atoms with Crippen LogP contribution in [-0.2, 0) is 7.05 Å². The minimum atomic E-state index is 0.978. The largest absolute Gasteiger partial charge is 0.349 e. The first-order valence-corrected chi connectivity index (χ1v) is 6.25. The molecule has 0 aliphatic heterocycles. The van der Waals surface area contributed by atoms with Crippen LogP contribution in [0.2, 0.25) is 0 Å². The van der Waals surface area contributed by atoms with Gasteiger partial charge in [-0.05, 0) is 34.5 Å². The molecule has 0 aliphatic rings. The zero-order valence-corrected chi connectivity index (χ0v) is 10.2. The maximum absolute atomic E-state index is 4.41. The molecule has 0 fully saturated rings. The minimum Gasteiger partial charge on any atom is -0.349 e. The molecular formula is C13H11N3S. The third kappa shape index (κ3) is 1.76. The van der Waals surface area contributed by atoms with Gasteiger partial charge in [0.05, 0.1) is 11.4 Å². The van der Waals surface area contributed by atoms with Gasteiger partial charge in [0.15, 0.2) is 0 Å². The number of thiophene rings is 1. The summed E-state index contributed by atoms with van der Waals surface area (Å²) < 4.78 is 2.07. The van der Waals surface area contributed by atoms with Crippen LogP contribution in [0.15, 0.2) is 47.7 Å². The van der Waals surface area contributed by atoms with Crippen LogP contribution in [0.25, 0.3) is 22.5 Å². The van der Waals surface area contributed by atoms with Crippen molar-refractivity contribution in [3.8, 4) is 22.5 Å². The lowest BCUT2D eigenvalue weighted by Gasteiger charge is -2.07. The van der Waals surface area contributed by atoms with Gasteiger partial charge in [-0.1, -0.05) is 0 Å². The smallest absolute Gasteiger partial charge is 0.116 e. The number of aromatic nitrogens is 3. The van der Waals surface area contributed by atoms with E-state index in [1.807, 2.05) is 25.5 Å². The highest BCUT2D eigenvalue weighted by atomic mass is 32.1. The molecule has 0 radical (unpaired) electrons. The molecule has 17 heavy (non-hydrogen) atoms. The summed E-state index contributed by atoms with van der Waals surface area (Å²) >= 11 is 1.68. The van der Waals surface area contributed by atoms with Crippen molar-refractivity contribution < 1.29 is 0 Å². The summed E-state index contributed by atoms with van der Waals surface area (Å²) in [6.07, 6.45) is 5.49. The van der Waals surface area contributed by atoms with E-state index in [-0.39, 0.29) is 0 Å². The third-order valence-corrected chi connectivity index (χ3v) is 3.41. The molecule has 4 heteroatoms. The molecular weight excluding hydrogens is 230 g/mol. The van der Waals surface area contributed by atoms with Crippen LogP contribution in [0.5, 0.6) is 0 Å². The van der Waals surface area contributed by atoms with Gasteiger partial charge in [-0.15, -0.1) is 0 Å². The summed E-state index contributed by atoms with van der Waals surface area (Å²) in [4.78, 5) is 8.54. The van der Waals surface area contributed by atoms with E-state index in [9.17, 15) is 0 Å². The van der Waals surface area contributed by atoms with E-state index in [2.05, 4.69) is 37.4 Å². The first-order valence-electron chi connectivity index (χ1n) is 5.30. The summed E-state index contributed by atoms with van der Waals surface area (Å²) in [6, 6.07) is 6.18. The van der Waals surface area contributed by atoms with Crippen molar-refractivity contribution in [1.82, 2.24) is 14.5 Å². The third-order valence-electron chi connectivity index (χ3n) is 2.73. The summed E-state index contributed by atoms with van der Waals surface area (Å²) in [6.45, 7) is 0. The fourth-order valence-electron chi connectivity index (χ4n) is 1.87. The minimum absolute atomic E-state index is 0.978. The van der Waals surface area contributed by atoms with Crippen LogP contribution in [-0.4, -0.2) is 14.5 Å². The molecule has 0 spiro atoms. The van der Waals surface area contributed by atoms with Crippen molar-refractivity contribution in [2.24, 2.45) is 7.05 Å². The average molecular weight is 241 g/mol. The molecule has 0 unspecified atom stereocenters. The van der Waals surface area contributed by atoms with Gasteiger partial charge in [-0.2, -0.15) is 11.3 Å². The molecule has 0 aliphatic carbocycles. The van der Waals surface area contributed by atoms with E-state index in [0.717, 1.165) is 17.0 Å². The zero-order chi connectivity index (χ0) is 11.7. The highest BCUT2D eigenvalue weighted by molar-refractivity contribution is 7.08. The number of nitrogens with zero attached hydrogens (tertiary/aromatic N) is 3. The fourth-order valence-corrected chi connectivity index (χ4v) is 2.53. The predicted octanol–water partition coefficient (Wildman–Crippen LogP) is 3.21. The van der Waals surface area contributed by atoms with E-state index < -0.39 is 0 Å². The first kappa shape index (κ1) is 10.2. The van der Waals surface area contributed by atoms with Crippen molar-refractivity contribution >= 4 is 11.3 Å². The SMILES string of the molecule is Cn1cccc1-c1ncncc1-c1ccsc1. The Morgan fingerprint density at radius 3 is 2.94 bits per heavy atom. The Labute approximate surface area is 103 Å². The molecule has 3 rings (SSSR count).